The second-order valence-corrected chi connectivity index (χ2v) is 4.48. The van der Waals surface area contributed by atoms with Crippen LogP contribution in [-0.4, -0.2) is 25.1 Å². The molecule has 1 aromatic rings. The molecular weight excluding hydrogens is 270 g/mol. The Hall–Kier alpha value is -2.04. The van der Waals surface area contributed by atoms with E-state index in [1.54, 1.807) is 13.8 Å². The highest BCUT2D eigenvalue weighted by Gasteiger charge is 2.18. The second-order valence-electron chi connectivity index (χ2n) is 4.48. The van der Waals surface area contributed by atoms with Gasteiger partial charge in [-0.15, -0.1) is 0 Å². The van der Waals surface area contributed by atoms with Crippen molar-refractivity contribution in [2.75, 3.05) is 13.2 Å². The minimum Gasteiger partial charge on any atom is -0.494 e. The molecule has 21 heavy (non-hydrogen) atoms. The van der Waals surface area contributed by atoms with Gasteiger partial charge in [0.05, 0.1) is 25.7 Å². The first kappa shape index (κ1) is 17.0. The van der Waals surface area contributed by atoms with Crippen LogP contribution in [0.1, 0.15) is 45.2 Å². The van der Waals surface area contributed by atoms with Crippen LogP contribution in [-0.2, 0) is 14.3 Å². The number of carbonyl (C=O) groups excluding carboxylic acids is 2. The van der Waals surface area contributed by atoms with Crippen LogP contribution in [0.2, 0.25) is 0 Å². The monoisotopic (exact) mass is 293 g/mol. The Labute approximate surface area is 125 Å². The minimum absolute atomic E-state index is 0.0989. The van der Waals surface area contributed by atoms with Gasteiger partial charge in [0, 0.05) is 6.42 Å². The van der Waals surface area contributed by atoms with Gasteiger partial charge in [-0.3, -0.25) is 9.59 Å². The normalized spacial score (nSPS) is 11.6. The molecule has 0 aliphatic rings. The summed E-state index contributed by atoms with van der Waals surface area (Å²) in [5, 5.41) is 2.84. The Kier molecular flexibility index (Phi) is 7.29. The summed E-state index contributed by atoms with van der Waals surface area (Å²) in [6, 6.07) is 6.98. The highest BCUT2D eigenvalue weighted by atomic mass is 16.5. The van der Waals surface area contributed by atoms with Crippen molar-refractivity contribution in [1.82, 2.24) is 5.32 Å². The van der Waals surface area contributed by atoms with Crippen LogP contribution < -0.4 is 10.1 Å². The SMILES string of the molecule is CCOC(=O)C[C@@H](NC(=O)CC)c1ccc(OCC)cc1. The number of amides is 1. The van der Waals surface area contributed by atoms with Crippen molar-refractivity contribution in [3.63, 3.8) is 0 Å². The molecule has 116 valence electrons. The fourth-order valence-electron chi connectivity index (χ4n) is 1.90. The molecule has 0 spiro atoms. The van der Waals surface area contributed by atoms with E-state index >= 15 is 0 Å². The molecule has 0 saturated heterocycles. The number of benzene rings is 1. The third kappa shape index (κ3) is 5.85. The van der Waals surface area contributed by atoms with E-state index in [2.05, 4.69) is 5.32 Å². The second kappa shape index (κ2) is 9.00. The molecule has 0 unspecified atom stereocenters. The largest absolute Gasteiger partial charge is 0.494 e. The average molecular weight is 293 g/mol. The molecule has 0 bridgehead atoms. The molecule has 0 radical (unpaired) electrons. The standard InChI is InChI=1S/C16H23NO4/c1-4-15(18)17-14(11-16(19)21-6-3)12-7-9-13(10-8-12)20-5-2/h7-10,14H,4-6,11H2,1-3H3,(H,17,18)/t14-/m1/s1. The first-order valence-electron chi connectivity index (χ1n) is 7.28. The molecule has 5 nitrogen and oxygen atoms in total. The predicted molar refractivity (Wildman–Crippen MR) is 80.0 cm³/mol. The average Bonchev–Trinajstić information content (AvgIpc) is 2.48. The van der Waals surface area contributed by atoms with Crippen molar-refractivity contribution >= 4 is 11.9 Å². The number of carbonyl (C=O) groups is 2. The van der Waals surface area contributed by atoms with Crippen molar-refractivity contribution in [1.29, 1.82) is 0 Å². The molecule has 1 rings (SSSR count). The van der Waals surface area contributed by atoms with Crippen LogP contribution in [0, 0.1) is 0 Å². The zero-order valence-electron chi connectivity index (χ0n) is 12.8. The van der Waals surface area contributed by atoms with Gasteiger partial charge in [-0.1, -0.05) is 19.1 Å². The topological polar surface area (TPSA) is 64.6 Å². The summed E-state index contributed by atoms with van der Waals surface area (Å²) in [5.74, 6) is 0.337. The fourth-order valence-corrected chi connectivity index (χ4v) is 1.90. The van der Waals surface area contributed by atoms with Crippen molar-refractivity contribution in [2.45, 2.75) is 39.7 Å². The molecule has 1 N–H and O–H groups in total. The van der Waals surface area contributed by atoms with E-state index in [1.165, 1.54) is 0 Å². The maximum Gasteiger partial charge on any atom is 0.308 e. The van der Waals surface area contributed by atoms with Crippen LogP contribution >= 0.6 is 0 Å². The van der Waals surface area contributed by atoms with Crippen molar-refractivity contribution in [3.05, 3.63) is 29.8 Å². The lowest BCUT2D eigenvalue weighted by molar-refractivity contribution is -0.143. The predicted octanol–water partition coefficient (Wildman–Crippen LogP) is 2.61. The molecule has 0 fully saturated rings. The molecular formula is C16H23NO4. The van der Waals surface area contributed by atoms with E-state index in [-0.39, 0.29) is 24.3 Å². The van der Waals surface area contributed by atoms with Crippen LogP contribution in [0.3, 0.4) is 0 Å². The Balaban J connectivity index is 2.83. The highest BCUT2D eigenvalue weighted by Crippen LogP contribution is 2.21. The number of hydrogen-bond donors (Lipinski definition) is 1. The Bertz CT molecular complexity index is 456. The van der Waals surface area contributed by atoms with Gasteiger partial charge in [-0.05, 0) is 31.5 Å². The lowest BCUT2D eigenvalue weighted by atomic mass is 10.0. The number of nitrogens with one attached hydrogen (secondary N) is 1. The molecule has 1 aromatic carbocycles. The molecule has 0 saturated carbocycles. The Morgan fingerprint density at radius 2 is 1.76 bits per heavy atom. The lowest BCUT2D eigenvalue weighted by Gasteiger charge is -2.18. The first-order valence-corrected chi connectivity index (χ1v) is 7.28. The summed E-state index contributed by atoms with van der Waals surface area (Å²) in [4.78, 5) is 23.3. The van der Waals surface area contributed by atoms with Crippen molar-refractivity contribution < 1.29 is 19.1 Å². The third-order valence-electron chi connectivity index (χ3n) is 2.93. The maximum atomic E-state index is 11.7. The van der Waals surface area contributed by atoms with Crippen LogP contribution in [0.25, 0.3) is 0 Å². The lowest BCUT2D eigenvalue weighted by Crippen LogP contribution is -2.30. The van der Waals surface area contributed by atoms with E-state index in [0.29, 0.717) is 19.6 Å². The highest BCUT2D eigenvalue weighted by molar-refractivity contribution is 5.77. The summed E-state index contributed by atoms with van der Waals surface area (Å²) >= 11 is 0. The zero-order chi connectivity index (χ0) is 15.7. The van der Waals surface area contributed by atoms with Gasteiger partial charge >= 0.3 is 5.97 Å². The zero-order valence-corrected chi connectivity index (χ0v) is 12.8. The van der Waals surface area contributed by atoms with Gasteiger partial charge in [0.1, 0.15) is 5.75 Å². The van der Waals surface area contributed by atoms with Crippen LogP contribution in [0.5, 0.6) is 5.75 Å². The summed E-state index contributed by atoms with van der Waals surface area (Å²) in [6.07, 6.45) is 0.490. The van der Waals surface area contributed by atoms with Gasteiger partial charge in [0.2, 0.25) is 5.91 Å². The summed E-state index contributed by atoms with van der Waals surface area (Å²) in [6.45, 7) is 6.37. The Morgan fingerprint density at radius 3 is 2.29 bits per heavy atom. The molecule has 1 amide bonds. The summed E-state index contributed by atoms with van der Waals surface area (Å²) in [7, 11) is 0. The molecule has 0 aromatic heterocycles. The van der Waals surface area contributed by atoms with Gasteiger partial charge in [-0.25, -0.2) is 0 Å². The maximum absolute atomic E-state index is 11.7. The van der Waals surface area contributed by atoms with E-state index in [4.69, 9.17) is 9.47 Å². The smallest absolute Gasteiger partial charge is 0.308 e. The molecule has 0 heterocycles. The molecule has 1 atom stereocenters. The van der Waals surface area contributed by atoms with Crippen LogP contribution in [0.15, 0.2) is 24.3 Å². The van der Waals surface area contributed by atoms with E-state index < -0.39 is 0 Å². The molecule has 5 heteroatoms. The number of esters is 1. The summed E-state index contributed by atoms with van der Waals surface area (Å²) in [5.41, 5.74) is 0.855. The van der Waals surface area contributed by atoms with Gasteiger partial charge < -0.3 is 14.8 Å². The fraction of sp³-hybridized carbons (Fsp3) is 0.500. The quantitative estimate of drug-likeness (QED) is 0.748. The van der Waals surface area contributed by atoms with Crippen LogP contribution in [0.4, 0.5) is 0 Å². The minimum atomic E-state index is -0.382. The van der Waals surface area contributed by atoms with E-state index in [0.717, 1.165) is 11.3 Å². The van der Waals surface area contributed by atoms with Crippen molar-refractivity contribution in [2.24, 2.45) is 0 Å². The third-order valence-corrected chi connectivity index (χ3v) is 2.93. The van der Waals surface area contributed by atoms with E-state index in [1.807, 2.05) is 31.2 Å². The van der Waals surface area contributed by atoms with E-state index in [9.17, 15) is 9.59 Å². The van der Waals surface area contributed by atoms with Gasteiger partial charge in [0.25, 0.3) is 0 Å². The van der Waals surface area contributed by atoms with Crippen molar-refractivity contribution in [3.8, 4) is 5.75 Å². The van der Waals surface area contributed by atoms with Gasteiger partial charge in [-0.2, -0.15) is 0 Å². The first-order chi connectivity index (χ1) is 10.1. The van der Waals surface area contributed by atoms with Gasteiger partial charge in [0.15, 0.2) is 0 Å². The number of ether oxygens (including phenoxy) is 2. The Morgan fingerprint density at radius 1 is 1.10 bits per heavy atom. The molecule has 0 aliphatic carbocycles. The summed E-state index contributed by atoms with van der Waals surface area (Å²) < 4.78 is 10.3. The molecule has 0 aliphatic heterocycles. The number of rotatable bonds is 8. The number of hydrogen-bond acceptors (Lipinski definition) is 4.